The van der Waals surface area contributed by atoms with Crippen LogP contribution in [0.2, 0.25) is 0 Å². The van der Waals surface area contributed by atoms with Gasteiger partial charge in [0.25, 0.3) is 0 Å². The Morgan fingerprint density at radius 2 is 2.09 bits per heavy atom. The normalized spacial score (nSPS) is 13.5. The van der Waals surface area contributed by atoms with Gasteiger partial charge in [-0.05, 0) is 31.9 Å². The van der Waals surface area contributed by atoms with Crippen molar-refractivity contribution in [1.82, 2.24) is 14.9 Å². The number of amides is 2. The van der Waals surface area contributed by atoms with Gasteiger partial charge in [-0.15, -0.1) is 0 Å². The second-order valence-electron chi connectivity index (χ2n) is 5.80. The van der Waals surface area contributed by atoms with Crippen molar-refractivity contribution in [3.05, 3.63) is 47.5 Å². The maximum absolute atomic E-state index is 11.8. The molecule has 2 N–H and O–H groups in total. The van der Waals surface area contributed by atoms with Gasteiger partial charge >= 0.3 is 6.03 Å². The van der Waals surface area contributed by atoms with Crippen LogP contribution in [0.5, 0.6) is 0 Å². The number of benzene rings is 1. The van der Waals surface area contributed by atoms with Crippen molar-refractivity contribution in [3.63, 3.8) is 0 Å². The Balaban J connectivity index is 1.45. The smallest absolute Gasteiger partial charge is 0.319 e. The molecule has 0 bridgehead atoms. The fraction of sp³-hybridized carbons (Fsp3) is 0.412. The van der Waals surface area contributed by atoms with E-state index in [1.807, 2.05) is 31.2 Å². The summed E-state index contributed by atoms with van der Waals surface area (Å²) in [5.41, 5.74) is 3.04. The van der Waals surface area contributed by atoms with E-state index in [4.69, 9.17) is 0 Å². The van der Waals surface area contributed by atoms with E-state index in [2.05, 4.69) is 26.4 Å². The molecule has 2 heterocycles. The molecule has 0 spiro atoms. The summed E-state index contributed by atoms with van der Waals surface area (Å²) in [6.45, 7) is 3.69. The van der Waals surface area contributed by atoms with E-state index in [1.165, 1.54) is 24.2 Å². The monoisotopic (exact) mass is 298 g/mol. The molecule has 116 valence electrons. The van der Waals surface area contributed by atoms with Crippen LogP contribution in [0.3, 0.4) is 0 Å². The molecule has 0 fully saturated rings. The number of carbonyl (C=O) groups excluding carboxylic acids is 1. The van der Waals surface area contributed by atoms with Crippen molar-refractivity contribution in [3.8, 4) is 0 Å². The lowest BCUT2D eigenvalue weighted by atomic mass is 10.2. The van der Waals surface area contributed by atoms with Crippen LogP contribution < -0.4 is 10.6 Å². The van der Waals surface area contributed by atoms with Crippen LogP contribution in [-0.4, -0.2) is 22.1 Å². The molecule has 0 aliphatic carbocycles. The van der Waals surface area contributed by atoms with Gasteiger partial charge in [0.05, 0.1) is 5.69 Å². The molecule has 0 saturated carbocycles. The summed E-state index contributed by atoms with van der Waals surface area (Å²) in [6.07, 6.45) is 6.42. The maximum atomic E-state index is 11.8. The SMILES string of the molecule is Cc1ccc(NC(=O)NCCc2cn3c(n2)CCCC3)cc1. The third kappa shape index (κ3) is 3.67. The van der Waals surface area contributed by atoms with Gasteiger partial charge < -0.3 is 15.2 Å². The predicted molar refractivity (Wildman–Crippen MR) is 87.1 cm³/mol. The van der Waals surface area contributed by atoms with Crippen molar-refractivity contribution in [1.29, 1.82) is 0 Å². The van der Waals surface area contributed by atoms with E-state index in [-0.39, 0.29) is 6.03 Å². The van der Waals surface area contributed by atoms with E-state index in [1.54, 1.807) is 0 Å². The third-order valence-corrected chi connectivity index (χ3v) is 3.93. The van der Waals surface area contributed by atoms with Gasteiger partial charge in [-0.3, -0.25) is 0 Å². The van der Waals surface area contributed by atoms with Gasteiger partial charge in [0.1, 0.15) is 5.82 Å². The third-order valence-electron chi connectivity index (χ3n) is 3.93. The molecule has 1 aromatic heterocycles. The lowest BCUT2D eigenvalue weighted by Gasteiger charge is -2.11. The molecule has 22 heavy (non-hydrogen) atoms. The lowest BCUT2D eigenvalue weighted by molar-refractivity contribution is 0.252. The van der Waals surface area contributed by atoms with E-state index in [0.29, 0.717) is 6.54 Å². The van der Waals surface area contributed by atoms with Crippen molar-refractivity contribution in [2.75, 3.05) is 11.9 Å². The van der Waals surface area contributed by atoms with Gasteiger partial charge in [-0.2, -0.15) is 0 Å². The number of aryl methyl sites for hydroxylation is 3. The number of imidazole rings is 1. The average Bonchev–Trinajstić information content (AvgIpc) is 2.92. The van der Waals surface area contributed by atoms with Gasteiger partial charge in [-0.1, -0.05) is 17.7 Å². The Bertz CT molecular complexity index is 622. The topological polar surface area (TPSA) is 59.0 Å². The fourth-order valence-corrected chi connectivity index (χ4v) is 2.71. The first-order valence-corrected chi connectivity index (χ1v) is 7.87. The largest absolute Gasteiger partial charge is 0.337 e. The molecular formula is C17H22N4O. The quantitative estimate of drug-likeness (QED) is 0.912. The van der Waals surface area contributed by atoms with Crippen molar-refractivity contribution < 1.29 is 4.79 Å². The van der Waals surface area contributed by atoms with Crippen LogP contribution in [0.1, 0.15) is 29.9 Å². The van der Waals surface area contributed by atoms with Gasteiger partial charge in [0.15, 0.2) is 0 Å². The molecule has 3 rings (SSSR count). The second-order valence-corrected chi connectivity index (χ2v) is 5.80. The Morgan fingerprint density at radius 3 is 2.86 bits per heavy atom. The minimum Gasteiger partial charge on any atom is -0.337 e. The van der Waals surface area contributed by atoms with Crippen LogP contribution in [0.4, 0.5) is 10.5 Å². The van der Waals surface area contributed by atoms with Crippen LogP contribution in [-0.2, 0) is 19.4 Å². The van der Waals surface area contributed by atoms with E-state index >= 15 is 0 Å². The number of urea groups is 1. The summed E-state index contributed by atoms with van der Waals surface area (Å²) in [5.74, 6) is 1.19. The van der Waals surface area contributed by atoms with Crippen LogP contribution in [0, 0.1) is 6.92 Å². The highest BCUT2D eigenvalue weighted by atomic mass is 16.2. The second kappa shape index (κ2) is 6.64. The zero-order chi connectivity index (χ0) is 15.4. The Kier molecular flexibility index (Phi) is 4.42. The van der Waals surface area contributed by atoms with Gasteiger partial charge in [0.2, 0.25) is 0 Å². The number of hydrogen-bond donors (Lipinski definition) is 2. The minimum absolute atomic E-state index is 0.173. The highest BCUT2D eigenvalue weighted by Crippen LogP contribution is 2.14. The number of anilines is 1. The molecule has 1 aliphatic heterocycles. The Labute approximate surface area is 130 Å². The van der Waals surface area contributed by atoms with Crippen molar-refractivity contribution in [2.24, 2.45) is 0 Å². The fourth-order valence-electron chi connectivity index (χ4n) is 2.71. The molecule has 0 unspecified atom stereocenters. The van der Waals surface area contributed by atoms with E-state index in [0.717, 1.165) is 30.8 Å². The molecule has 0 saturated heterocycles. The molecule has 1 aromatic carbocycles. The number of nitrogens with zero attached hydrogens (tertiary/aromatic N) is 2. The average molecular weight is 298 g/mol. The summed E-state index contributed by atoms with van der Waals surface area (Å²) in [7, 11) is 0. The summed E-state index contributed by atoms with van der Waals surface area (Å²) in [4.78, 5) is 16.5. The van der Waals surface area contributed by atoms with Crippen molar-refractivity contribution >= 4 is 11.7 Å². The summed E-state index contributed by atoms with van der Waals surface area (Å²) in [6, 6.07) is 7.58. The van der Waals surface area contributed by atoms with Crippen molar-refractivity contribution in [2.45, 2.75) is 39.2 Å². The molecule has 2 aromatic rings. The first kappa shape index (κ1) is 14.6. The number of rotatable bonds is 4. The summed E-state index contributed by atoms with van der Waals surface area (Å²) in [5, 5.41) is 5.70. The van der Waals surface area contributed by atoms with Crippen LogP contribution >= 0.6 is 0 Å². The first-order valence-electron chi connectivity index (χ1n) is 7.87. The minimum atomic E-state index is -0.173. The molecular weight excluding hydrogens is 276 g/mol. The number of aromatic nitrogens is 2. The first-order chi connectivity index (χ1) is 10.7. The van der Waals surface area contributed by atoms with Crippen LogP contribution in [0.15, 0.2) is 30.5 Å². The highest BCUT2D eigenvalue weighted by molar-refractivity contribution is 5.89. The predicted octanol–water partition coefficient (Wildman–Crippen LogP) is 2.89. The van der Waals surface area contributed by atoms with E-state index < -0.39 is 0 Å². The number of nitrogens with one attached hydrogen (secondary N) is 2. The standard InChI is InChI=1S/C17H22N4O/c1-13-5-7-14(8-6-13)20-17(22)18-10-9-15-12-21-11-3-2-4-16(21)19-15/h5-8,12H,2-4,9-11H2,1H3,(H2,18,20,22). The molecule has 5 heteroatoms. The molecule has 0 atom stereocenters. The van der Waals surface area contributed by atoms with Gasteiger partial charge in [0, 0.05) is 37.8 Å². The Hall–Kier alpha value is -2.30. The molecule has 0 radical (unpaired) electrons. The summed E-state index contributed by atoms with van der Waals surface area (Å²) >= 11 is 0. The van der Waals surface area contributed by atoms with Crippen LogP contribution in [0.25, 0.3) is 0 Å². The molecule has 2 amide bonds. The number of hydrogen-bond acceptors (Lipinski definition) is 2. The number of carbonyl (C=O) groups is 1. The Morgan fingerprint density at radius 1 is 1.27 bits per heavy atom. The highest BCUT2D eigenvalue weighted by Gasteiger charge is 2.12. The number of fused-ring (bicyclic) bond motifs is 1. The van der Waals surface area contributed by atoms with E-state index in [9.17, 15) is 4.79 Å². The molecule has 5 nitrogen and oxygen atoms in total. The lowest BCUT2D eigenvalue weighted by Crippen LogP contribution is -2.30. The molecule has 1 aliphatic rings. The summed E-state index contributed by atoms with van der Waals surface area (Å²) < 4.78 is 2.24. The zero-order valence-electron chi connectivity index (χ0n) is 12.9. The zero-order valence-corrected chi connectivity index (χ0v) is 12.9. The maximum Gasteiger partial charge on any atom is 0.319 e. The van der Waals surface area contributed by atoms with Gasteiger partial charge in [-0.25, -0.2) is 9.78 Å².